The van der Waals surface area contributed by atoms with E-state index in [1.807, 2.05) is 0 Å². The summed E-state index contributed by atoms with van der Waals surface area (Å²) in [6.45, 7) is 5.42. The van der Waals surface area contributed by atoms with E-state index in [2.05, 4.69) is 16.4 Å². The fourth-order valence-electron chi connectivity index (χ4n) is 1.05. The lowest BCUT2D eigenvalue weighted by Gasteiger charge is -2.20. The van der Waals surface area contributed by atoms with Gasteiger partial charge in [0.05, 0.1) is 13.1 Å². The minimum absolute atomic E-state index is 0.497. The summed E-state index contributed by atoms with van der Waals surface area (Å²) in [5.74, 6) is 0. The molecule has 0 fully saturated rings. The molecular weight excluding hydrogens is 140 g/mol. The highest BCUT2D eigenvalue weighted by atomic mass is 15.1. The van der Waals surface area contributed by atoms with Crippen molar-refractivity contribution in [1.82, 2.24) is 4.90 Å². The third kappa shape index (κ3) is 6.25. The molecule has 0 saturated carbocycles. The van der Waals surface area contributed by atoms with Gasteiger partial charge >= 0.3 is 0 Å². The van der Waals surface area contributed by atoms with E-state index < -0.39 is 0 Å². The molecule has 0 radical (unpaired) electrons. The first-order chi connectivity index (χ1) is 5.35. The molecule has 0 saturated heterocycles. The Kier molecular flexibility index (Phi) is 7.83. The van der Waals surface area contributed by atoms with Crippen LogP contribution in [0.5, 0.6) is 0 Å². The molecule has 0 amide bonds. The van der Waals surface area contributed by atoms with Gasteiger partial charge < -0.3 is 17.2 Å². The van der Waals surface area contributed by atoms with Crippen LogP contribution in [0.3, 0.4) is 0 Å². The van der Waals surface area contributed by atoms with Gasteiger partial charge in [-0.15, -0.1) is 6.54 Å². The Balaban J connectivity index is 3.34. The van der Waals surface area contributed by atoms with E-state index in [0.29, 0.717) is 6.54 Å². The van der Waals surface area contributed by atoms with Crippen molar-refractivity contribution in [2.75, 3.05) is 39.3 Å². The largest absolute Gasteiger partial charge is 0.676 e. The third-order valence-corrected chi connectivity index (χ3v) is 1.63. The van der Waals surface area contributed by atoms with Crippen molar-refractivity contribution >= 4 is 0 Å². The Bertz CT molecular complexity index is 70.8. The van der Waals surface area contributed by atoms with E-state index in [9.17, 15) is 0 Å². The maximum Gasteiger partial charge on any atom is 0.0869 e. The van der Waals surface area contributed by atoms with Crippen molar-refractivity contribution in [3.05, 3.63) is 5.73 Å². The summed E-state index contributed by atoms with van der Waals surface area (Å²) in [4.78, 5) is 2.28. The van der Waals surface area contributed by atoms with Crippen molar-refractivity contribution in [2.24, 2.45) is 0 Å². The van der Waals surface area contributed by atoms with Gasteiger partial charge in [0.15, 0.2) is 0 Å². The van der Waals surface area contributed by atoms with E-state index in [1.54, 1.807) is 0 Å². The zero-order valence-corrected chi connectivity index (χ0v) is 7.31. The minimum Gasteiger partial charge on any atom is -0.676 e. The van der Waals surface area contributed by atoms with Crippen LogP contribution in [0.4, 0.5) is 0 Å². The van der Waals surface area contributed by atoms with Gasteiger partial charge in [0.1, 0.15) is 0 Å². The Hall–Kier alpha value is -0.160. The molecule has 0 aromatic rings. The highest BCUT2D eigenvalue weighted by Crippen LogP contribution is 1.88. The van der Waals surface area contributed by atoms with Crippen LogP contribution in [-0.2, 0) is 0 Å². The molecule has 0 unspecified atom stereocenters. The Labute approximate surface area is 68.7 Å². The Morgan fingerprint density at radius 3 is 2.18 bits per heavy atom. The molecule has 0 aromatic heterocycles. The molecule has 0 heterocycles. The average molecular weight is 161 g/mol. The first-order valence-corrected chi connectivity index (χ1v) is 4.30. The summed E-state index contributed by atoms with van der Waals surface area (Å²) in [7, 11) is 0. The molecule has 0 atom stereocenters. The molecule has 0 aliphatic heterocycles. The van der Waals surface area contributed by atoms with Gasteiger partial charge in [-0.3, -0.25) is 4.90 Å². The molecule has 11 heavy (non-hydrogen) atoms. The summed E-state index contributed by atoms with van der Waals surface area (Å²) < 4.78 is 0. The number of nitrogens with zero attached hydrogens (tertiary/aromatic N) is 1. The maximum atomic E-state index is 7.07. The number of hydrogen-bond donors (Lipinski definition) is 2. The van der Waals surface area contributed by atoms with Crippen molar-refractivity contribution < 1.29 is 11.5 Å². The number of nitrogens with one attached hydrogen (secondary N) is 1. The highest BCUT2D eigenvalue weighted by Gasteiger charge is 2.00. The van der Waals surface area contributed by atoms with Crippen LogP contribution in [0.25, 0.3) is 5.73 Å². The molecule has 7 N–H and O–H groups in total. The average Bonchev–Trinajstić information content (AvgIpc) is 2.01. The molecule has 4 heteroatoms. The molecule has 0 spiro atoms. The van der Waals surface area contributed by atoms with Crippen LogP contribution in [0.15, 0.2) is 0 Å². The van der Waals surface area contributed by atoms with Crippen LogP contribution < -0.4 is 11.5 Å². The lowest BCUT2D eigenvalue weighted by atomic mass is 10.3. The second-order valence-electron chi connectivity index (χ2n) is 2.65. The normalized spacial score (nSPS) is 10.9. The minimum atomic E-state index is 0.497. The quantitative estimate of drug-likeness (QED) is 0.454. The van der Waals surface area contributed by atoms with Gasteiger partial charge in [-0.1, -0.05) is 0 Å². The number of rotatable bonds is 7. The summed E-state index contributed by atoms with van der Waals surface area (Å²) >= 11 is 0. The predicted octanol–water partition coefficient (Wildman–Crippen LogP) is -1.79. The SMILES string of the molecule is [NH-]CCN(CC[NH3+])CCC[NH3+]. The van der Waals surface area contributed by atoms with Crippen molar-refractivity contribution in [2.45, 2.75) is 6.42 Å². The fraction of sp³-hybridized carbons (Fsp3) is 1.00. The second-order valence-corrected chi connectivity index (χ2v) is 2.65. The van der Waals surface area contributed by atoms with Crippen LogP contribution in [-0.4, -0.2) is 44.2 Å². The van der Waals surface area contributed by atoms with Crippen LogP contribution in [0.1, 0.15) is 6.42 Å². The Morgan fingerprint density at radius 2 is 1.73 bits per heavy atom. The van der Waals surface area contributed by atoms with Crippen LogP contribution in [0.2, 0.25) is 0 Å². The molecule has 68 valence electrons. The Morgan fingerprint density at radius 1 is 1.00 bits per heavy atom. The van der Waals surface area contributed by atoms with Crippen LogP contribution in [0, 0.1) is 0 Å². The maximum absolute atomic E-state index is 7.07. The highest BCUT2D eigenvalue weighted by molar-refractivity contribution is 4.61. The van der Waals surface area contributed by atoms with E-state index in [1.165, 1.54) is 0 Å². The standard InChI is InChI=1S/C7H19N4/c8-2-1-5-11(6-3-9)7-4-10/h9H,1-8,10H2/q-1/p+2. The zero-order valence-electron chi connectivity index (χ0n) is 7.31. The molecule has 0 aromatic carbocycles. The second kappa shape index (κ2) is 7.94. The van der Waals surface area contributed by atoms with Crippen molar-refractivity contribution in [1.29, 1.82) is 0 Å². The molecular formula is C7H21N4+. The third-order valence-electron chi connectivity index (χ3n) is 1.63. The summed E-state index contributed by atoms with van der Waals surface area (Å²) in [6.07, 6.45) is 1.14. The first kappa shape index (κ1) is 10.8. The molecule has 0 aliphatic rings. The van der Waals surface area contributed by atoms with Gasteiger partial charge in [0, 0.05) is 19.5 Å². The van der Waals surface area contributed by atoms with E-state index >= 15 is 0 Å². The van der Waals surface area contributed by atoms with E-state index in [4.69, 9.17) is 5.73 Å². The lowest BCUT2D eigenvalue weighted by molar-refractivity contribution is -0.373. The topological polar surface area (TPSA) is 82.3 Å². The molecule has 0 bridgehead atoms. The summed E-state index contributed by atoms with van der Waals surface area (Å²) in [6, 6.07) is 0. The number of hydrogen-bond acceptors (Lipinski definition) is 1. The van der Waals surface area contributed by atoms with Gasteiger partial charge in [0.25, 0.3) is 0 Å². The van der Waals surface area contributed by atoms with Gasteiger partial charge in [-0.25, -0.2) is 0 Å². The van der Waals surface area contributed by atoms with Crippen molar-refractivity contribution in [3.8, 4) is 0 Å². The summed E-state index contributed by atoms with van der Waals surface area (Å²) in [5.41, 5.74) is 14.7. The molecule has 0 rings (SSSR count). The molecule has 0 aliphatic carbocycles. The smallest absolute Gasteiger partial charge is 0.0869 e. The van der Waals surface area contributed by atoms with Crippen LogP contribution >= 0.6 is 0 Å². The predicted molar refractivity (Wildman–Crippen MR) is 45.8 cm³/mol. The van der Waals surface area contributed by atoms with Crippen molar-refractivity contribution in [3.63, 3.8) is 0 Å². The van der Waals surface area contributed by atoms with Gasteiger partial charge in [-0.2, -0.15) is 0 Å². The summed E-state index contributed by atoms with van der Waals surface area (Å²) in [5, 5.41) is 0. The first-order valence-electron chi connectivity index (χ1n) is 4.30. The monoisotopic (exact) mass is 161 g/mol. The number of quaternary nitrogens is 2. The van der Waals surface area contributed by atoms with Gasteiger partial charge in [0.2, 0.25) is 0 Å². The van der Waals surface area contributed by atoms with E-state index in [0.717, 1.165) is 39.1 Å². The zero-order chi connectivity index (χ0) is 8.53. The molecule has 4 nitrogen and oxygen atoms in total. The lowest BCUT2D eigenvalue weighted by Crippen LogP contribution is -2.56. The fourth-order valence-corrected chi connectivity index (χ4v) is 1.05. The van der Waals surface area contributed by atoms with Gasteiger partial charge in [-0.05, 0) is 6.54 Å². The van der Waals surface area contributed by atoms with E-state index in [-0.39, 0.29) is 0 Å².